The predicted octanol–water partition coefficient (Wildman–Crippen LogP) is 4.97. The van der Waals surface area contributed by atoms with Crippen LogP contribution in [0.5, 0.6) is 0 Å². The van der Waals surface area contributed by atoms with Crippen molar-refractivity contribution < 1.29 is 8.42 Å². The van der Waals surface area contributed by atoms with Crippen LogP contribution in [0.2, 0.25) is 0 Å². The molecular formula is C24H24O2SSe. The van der Waals surface area contributed by atoms with Crippen molar-refractivity contribution in [2.45, 2.75) is 31.6 Å². The average Bonchev–Trinajstić information content (AvgIpc) is 2.72. The molecule has 0 atom stereocenters. The molecule has 0 aliphatic rings. The van der Waals surface area contributed by atoms with Crippen molar-refractivity contribution in [3.8, 4) is 0 Å². The Labute approximate surface area is 174 Å². The van der Waals surface area contributed by atoms with Gasteiger partial charge in [-0.25, -0.2) is 0 Å². The van der Waals surface area contributed by atoms with Crippen LogP contribution in [0.3, 0.4) is 0 Å². The molecule has 4 heteroatoms. The number of benzene rings is 3. The summed E-state index contributed by atoms with van der Waals surface area (Å²) in [6.07, 6.45) is 1.32. The molecule has 0 saturated carbocycles. The Morgan fingerprint density at radius 3 is 1.96 bits per heavy atom. The predicted molar refractivity (Wildman–Crippen MR) is 118 cm³/mol. The summed E-state index contributed by atoms with van der Waals surface area (Å²) in [6, 6.07) is 27.2. The minimum atomic E-state index is -3.55. The van der Waals surface area contributed by atoms with Crippen molar-refractivity contribution in [3.63, 3.8) is 0 Å². The molecule has 0 aliphatic carbocycles. The topological polar surface area (TPSA) is 34.1 Å². The number of aryl methyl sites for hydroxylation is 1. The zero-order valence-corrected chi connectivity index (χ0v) is 18.7. The summed E-state index contributed by atoms with van der Waals surface area (Å²) in [4.78, 5) is 0.924. The number of sulfone groups is 1. The van der Waals surface area contributed by atoms with Gasteiger partial charge in [-0.15, -0.1) is 0 Å². The van der Waals surface area contributed by atoms with Crippen molar-refractivity contribution in [1.29, 1.82) is 0 Å². The third-order valence-electron chi connectivity index (χ3n) is 4.39. The van der Waals surface area contributed by atoms with Gasteiger partial charge in [0, 0.05) is 0 Å². The fraction of sp³-hybridized carbons (Fsp3) is 0.167. The second-order valence-electron chi connectivity index (χ2n) is 6.60. The first-order valence-electron chi connectivity index (χ1n) is 9.35. The number of hydrogen-bond acceptors (Lipinski definition) is 2. The first-order chi connectivity index (χ1) is 13.5. The Hall–Kier alpha value is -2.13. The molecule has 0 radical (unpaired) electrons. The van der Waals surface area contributed by atoms with E-state index < -0.39 is 9.84 Å². The van der Waals surface area contributed by atoms with Gasteiger partial charge in [-0.3, -0.25) is 0 Å². The van der Waals surface area contributed by atoms with Crippen LogP contribution in [0.15, 0.2) is 94.7 Å². The zero-order chi connectivity index (χ0) is 20.0. The summed E-state index contributed by atoms with van der Waals surface area (Å²) in [7, 11) is -3.55. The third kappa shape index (κ3) is 4.82. The van der Waals surface area contributed by atoms with E-state index in [0.29, 0.717) is 16.2 Å². The molecule has 3 rings (SSSR count). The molecule has 144 valence electrons. The van der Waals surface area contributed by atoms with Crippen molar-refractivity contribution >= 4 is 33.7 Å². The Kier molecular flexibility index (Phi) is 6.90. The molecule has 0 bridgehead atoms. The third-order valence-corrected chi connectivity index (χ3v) is 9.13. The summed E-state index contributed by atoms with van der Waals surface area (Å²) in [5, 5.41) is 0. The van der Waals surface area contributed by atoms with Crippen LogP contribution in [0, 0.1) is 6.92 Å². The normalized spacial score (nSPS) is 12.5. The Morgan fingerprint density at radius 1 is 0.821 bits per heavy atom. The van der Waals surface area contributed by atoms with E-state index in [1.807, 2.05) is 74.5 Å². The number of rotatable bonds is 7. The second-order valence-corrected chi connectivity index (χ2v) is 10.8. The minimum absolute atomic E-state index is 0.106. The molecule has 3 aromatic carbocycles. The number of allylic oxidation sites excluding steroid dienone is 1. The van der Waals surface area contributed by atoms with Crippen LogP contribution in [0.4, 0.5) is 0 Å². The first-order valence-corrected chi connectivity index (χ1v) is 12.5. The molecule has 0 saturated heterocycles. The van der Waals surface area contributed by atoms with E-state index in [1.54, 1.807) is 12.1 Å². The van der Waals surface area contributed by atoms with Crippen LogP contribution in [0.25, 0.3) is 4.47 Å². The van der Waals surface area contributed by atoms with E-state index in [2.05, 4.69) is 12.1 Å². The Balaban J connectivity index is 2.21. The maximum absolute atomic E-state index is 13.6. The van der Waals surface area contributed by atoms with E-state index in [0.717, 1.165) is 22.0 Å². The molecule has 2 nitrogen and oxygen atoms in total. The molecule has 0 amide bonds. The Morgan fingerprint density at radius 2 is 1.39 bits per heavy atom. The van der Waals surface area contributed by atoms with Crippen LogP contribution in [0.1, 0.15) is 30.9 Å². The summed E-state index contributed by atoms with van der Waals surface area (Å²) < 4.78 is 29.3. The van der Waals surface area contributed by atoms with Gasteiger partial charge in [0.25, 0.3) is 0 Å². The summed E-state index contributed by atoms with van der Waals surface area (Å²) in [6.45, 7) is 4.00. The van der Waals surface area contributed by atoms with Gasteiger partial charge in [0.2, 0.25) is 0 Å². The fourth-order valence-corrected chi connectivity index (χ4v) is 7.55. The monoisotopic (exact) mass is 456 g/mol. The molecule has 0 spiro atoms. The van der Waals surface area contributed by atoms with Crippen LogP contribution >= 0.6 is 0 Å². The van der Waals surface area contributed by atoms with Gasteiger partial charge in [-0.1, -0.05) is 0 Å². The number of hydrogen-bond donors (Lipinski definition) is 0. The molecule has 3 aromatic rings. The van der Waals surface area contributed by atoms with Crippen molar-refractivity contribution in [3.05, 3.63) is 101 Å². The maximum atomic E-state index is 13.6. The molecule has 0 aliphatic heterocycles. The summed E-state index contributed by atoms with van der Waals surface area (Å²) in [5.74, 6) is 0. The Bertz CT molecular complexity index is 1040. The van der Waals surface area contributed by atoms with Crippen molar-refractivity contribution in [1.82, 2.24) is 0 Å². The van der Waals surface area contributed by atoms with Gasteiger partial charge in [-0.2, -0.15) is 0 Å². The van der Waals surface area contributed by atoms with Gasteiger partial charge in [0.15, 0.2) is 0 Å². The average molecular weight is 455 g/mol. The van der Waals surface area contributed by atoms with Crippen molar-refractivity contribution in [2.75, 3.05) is 0 Å². The van der Waals surface area contributed by atoms with Gasteiger partial charge in [0.05, 0.1) is 0 Å². The molecule has 0 aromatic heterocycles. The van der Waals surface area contributed by atoms with Crippen LogP contribution in [-0.2, 0) is 9.84 Å². The SMILES string of the molecule is CCC/C(=C(\[Se]c1ccccc1)c1ccccc1)S(=O)(=O)c1ccc(C)cc1. The quantitative estimate of drug-likeness (QED) is 0.472. The van der Waals surface area contributed by atoms with Gasteiger partial charge >= 0.3 is 175 Å². The first kappa shape index (κ1) is 20.6. The molecular weight excluding hydrogens is 431 g/mol. The molecule has 28 heavy (non-hydrogen) atoms. The molecule has 0 N–H and O–H groups in total. The molecule has 0 unspecified atom stereocenters. The standard InChI is InChI=1S/C24H24O2SSe/c1-3-10-23(27(25,26)21-17-15-19(2)16-18-21)24(20-11-6-4-7-12-20)28-22-13-8-5-9-14-22/h4-9,11-18H,3,10H2,1-2H3/b24-23+. The summed E-state index contributed by atoms with van der Waals surface area (Å²) >= 11 is -0.106. The zero-order valence-electron chi connectivity index (χ0n) is 16.1. The van der Waals surface area contributed by atoms with Crippen LogP contribution < -0.4 is 4.46 Å². The van der Waals surface area contributed by atoms with E-state index >= 15 is 0 Å². The van der Waals surface area contributed by atoms with Gasteiger partial charge in [-0.05, 0) is 0 Å². The molecule has 0 fully saturated rings. The van der Waals surface area contributed by atoms with Crippen LogP contribution in [-0.4, -0.2) is 23.4 Å². The van der Waals surface area contributed by atoms with Gasteiger partial charge < -0.3 is 0 Å². The summed E-state index contributed by atoms with van der Waals surface area (Å²) in [5.41, 5.74) is 2.04. The van der Waals surface area contributed by atoms with E-state index in [9.17, 15) is 8.42 Å². The van der Waals surface area contributed by atoms with Gasteiger partial charge in [0.1, 0.15) is 0 Å². The fourth-order valence-electron chi connectivity index (χ4n) is 2.93. The van der Waals surface area contributed by atoms with E-state index in [-0.39, 0.29) is 15.0 Å². The van der Waals surface area contributed by atoms with Crippen molar-refractivity contribution in [2.24, 2.45) is 0 Å². The second kappa shape index (κ2) is 9.38. The van der Waals surface area contributed by atoms with E-state index in [4.69, 9.17) is 0 Å². The van der Waals surface area contributed by atoms with E-state index in [1.165, 1.54) is 4.46 Å². The molecule has 0 heterocycles.